The lowest BCUT2D eigenvalue weighted by Gasteiger charge is -2.30. The van der Waals surface area contributed by atoms with Crippen LogP contribution in [0.4, 0.5) is 5.69 Å². The average molecular weight is 324 g/mol. The van der Waals surface area contributed by atoms with Crippen molar-refractivity contribution in [1.82, 2.24) is 4.57 Å². The SMILES string of the molecule is C=CCn1c(=C)c(C)c2c(=CC)c(N3CCOCC3)ccc2c1=O. The van der Waals surface area contributed by atoms with Crippen molar-refractivity contribution in [2.45, 2.75) is 20.4 Å². The highest BCUT2D eigenvalue weighted by Crippen LogP contribution is 2.17. The predicted molar refractivity (Wildman–Crippen MR) is 101 cm³/mol. The lowest BCUT2D eigenvalue weighted by molar-refractivity contribution is 0.122. The number of aromatic nitrogens is 1. The second-order valence-corrected chi connectivity index (χ2v) is 6.09. The minimum absolute atomic E-state index is 0.00266. The van der Waals surface area contributed by atoms with Gasteiger partial charge in [0.25, 0.3) is 5.56 Å². The molecule has 1 aliphatic heterocycles. The molecule has 2 aromatic rings. The summed E-state index contributed by atoms with van der Waals surface area (Å²) in [5.74, 6) is 0. The second kappa shape index (κ2) is 6.65. The van der Waals surface area contributed by atoms with Gasteiger partial charge < -0.3 is 14.2 Å². The number of allylic oxidation sites excluding steroid dienone is 1. The van der Waals surface area contributed by atoms with Crippen LogP contribution in [0, 0.1) is 6.92 Å². The number of pyridine rings is 1. The molecule has 0 saturated carbocycles. The number of morpholine rings is 1. The van der Waals surface area contributed by atoms with Gasteiger partial charge in [-0.25, -0.2) is 0 Å². The quantitative estimate of drug-likeness (QED) is 0.804. The summed E-state index contributed by atoms with van der Waals surface area (Å²) in [6.07, 6.45) is 3.83. The van der Waals surface area contributed by atoms with Crippen LogP contribution in [0.3, 0.4) is 0 Å². The molecule has 3 rings (SSSR count). The molecular formula is C20H24N2O2. The Morgan fingerprint density at radius 2 is 2.00 bits per heavy atom. The standard InChI is InChI=1S/C20H24N2O2/c1-5-9-22-15(4)14(3)19-16(6-2)18(8-7-17(19)20(22)23)21-10-12-24-13-11-21/h5-8H,1,4,9-13H2,2-3H3. The molecule has 1 fully saturated rings. The summed E-state index contributed by atoms with van der Waals surface area (Å²) in [4.78, 5) is 15.2. The number of nitrogens with zero attached hydrogens (tertiary/aromatic N) is 2. The van der Waals surface area contributed by atoms with E-state index >= 15 is 0 Å². The monoisotopic (exact) mass is 324 g/mol. The molecule has 0 spiro atoms. The molecule has 1 aromatic carbocycles. The highest BCUT2D eigenvalue weighted by Gasteiger charge is 2.16. The Morgan fingerprint density at radius 1 is 1.29 bits per heavy atom. The molecule has 1 aromatic heterocycles. The molecule has 0 unspecified atom stereocenters. The Balaban J connectivity index is 2.37. The molecule has 0 atom stereocenters. The summed E-state index contributed by atoms with van der Waals surface area (Å²) >= 11 is 0. The Bertz CT molecular complexity index is 950. The van der Waals surface area contributed by atoms with E-state index in [4.69, 9.17) is 4.74 Å². The molecule has 2 heterocycles. The zero-order valence-electron chi connectivity index (χ0n) is 14.5. The smallest absolute Gasteiger partial charge is 0.259 e. The molecule has 4 heteroatoms. The molecule has 0 amide bonds. The summed E-state index contributed by atoms with van der Waals surface area (Å²) < 4.78 is 7.16. The van der Waals surface area contributed by atoms with Crippen LogP contribution in [0.15, 0.2) is 29.6 Å². The minimum atomic E-state index is -0.00266. The van der Waals surface area contributed by atoms with E-state index in [1.807, 2.05) is 19.9 Å². The normalized spacial score (nSPS) is 15.9. The van der Waals surface area contributed by atoms with E-state index in [9.17, 15) is 4.79 Å². The van der Waals surface area contributed by atoms with Crippen LogP contribution in [0.2, 0.25) is 0 Å². The largest absolute Gasteiger partial charge is 0.378 e. The molecule has 0 N–H and O–H groups in total. The van der Waals surface area contributed by atoms with Crippen LogP contribution < -0.4 is 21.0 Å². The van der Waals surface area contributed by atoms with Gasteiger partial charge in [-0.1, -0.05) is 18.7 Å². The van der Waals surface area contributed by atoms with E-state index in [2.05, 4.69) is 30.2 Å². The Kier molecular flexibility index (Phi) is 4.58. The lowest BCUT2D eigenvalue weighted by atomic mass is 10.0. The summed E-state index contributed by atoms with van der Waals surface area (Å²) in [5.41, 5.74) is 2.21. The van der Waals surface area contributed by atoms with E-state index < -0.39 is 0 Å². The minimum Gasteiger partial charge on any atom is -0.378 e. The first-order chi connectivity index (χ1) is 11.6. The zero-order valence-corrected chi connectivity index (χ0v) is 14.5. The first-order valence-electron chi connectivity index (χ1n) is 8.35. The van der Waals surface area contributed by atoms with Crippen LogP contribution in [0.1, 0.15) is 12.5 Å². The number of benzene rings is 1. The summed E-state index contributed by atoms with van der Waals surface area (Å²) in [5, 5.41) is 3.62. The van der Waals surface area contributed by atoms with E-state index in [0.717, 1.165) is 58.9 Å². The van der Waals surface area contributed by atoms with E-state index in [0.29, 0.717) is 6.54 Å². The highest BCUT2D eigenvalue weighted by molar-refractivity contribution is 5.89. The summed E-state index contributed by atoms with van der Waals surface area (Å²) in [7, 11) is 0. The number of hydrogen-bond donors (Lipinski definition) is 0. The first-order valence-corrected chi connectivity index (χ1v) is 8.35. The Morgan fingerprint density at radius 3 is 2.62 bits per heavy atom. The molecular weight excluding hydrogens is 300 g/mol. The van der Waals surface area contributed by atoms with Gasteiger partial charge in [0.1, 0.15) is 0 Å². The average Bonchev–Trinajstić information content (AvgIpc) is 2.62. The van der Waals surface area contributed by atoms with Gasteiger partial charge in [-0.2, -0.15) is 0 Å². The van der Waals surface area contributed by atoms with Crippen LogP contribution in [-0.2, 0) is 11.3 Å². The third kappa shape index (κ3) is 2.57. The molecule has 24 heavy (non-hydrogen) atoms. The van der Waals surface area contributed by atoms with Crippen molar-refractivity contribution in [3.05, 3.63) is 51.3 Å². The fourth-order valence-corrected chi connectivity index (χ4v) is 3.50. The van der Waals surface area contributed by atoms with Gasteiger partial charge in [0, 0.05) is 46.7 Å². The third-order valence-electron chi connectivity index (χ3n) is 4.78. The number of rotatable bonds is 3. The van der Waals surface area contributed by atoms with Crippen LogP contribution in [-0.4, -0.2) is 30.9 Å². The van der Waals surface area contributed by atoms with Crippen LogP contribution >= 0.6 is 0 Å². The molecule has 0 radical (unpaired) electrons. The Labute approximate surface area is 142 Å². The predicted octanol–water partition coefficient (Wildman–Crippen LogP) is 1.54. The van der Waals surface area contributed by atoms with Crippen molar-refractivity contribution >= 4 is 29.1 Å². The molecule has 0 bridgehead atoms. The summed E-state index contributed by atoms with van der Waals surface area (Å²) in [6, 6.07) is 4.01. The zero-order chi connectivity index (χ0) is 17.3. The molecule has 1 saturated heterocycles. The maximum Gasteiger partial charge on any atom is 0.259 e. The van der Waals surface area contributed by atoms with Crippen LogP contribution in [0.25, 0.3) is 23.4 Å². The van der Waals surface area contributed by atoms with Crippen LogP contribution in [0.5, 0.6) is 0 Å². The van der Waals surface area contributed by atoms with E-state index in [1.54, 1.807) is 10.6 Å². The number of aryl methyl sites for hydroxylation is 1. The maximum absolute atomic E-state index is 12.9. The van der Waals surface area contributed by atoms with Gasteiger partial charge in [0.2, 0.25) is 0 Å². The van der Waals surface area contributed by atoms with Gasteiger partial charge >= 0.3 is 0 Å². The van der Waals surface area contributed by atoms with Crippen molar-refractivity contribution in [1.29, 1.82) is 0 Å². The maximum atomic E-state index is 12.9. The fourth-order valence-electron chi connectivity index (χ4n) is 3.50. The van der Waals surface area contributed by atoms with Crippen molar-refractivity contribution < 1.29 is 4.74 Å². The van der Waals surface area contributed by atoms with Gasteiger partial charge in [-0.15, -0.1) is 6.58 Å². The van der Waals surface area contributed by atoms with Crippen molar-refractivity contribution in [2.24, 2.45) is 0 Å². The fraction of sp³-hybridized carbons (Fsp3) is 0.350. The highest BCUT2D eigenvalue weighted by atomic mass is 16.5. The van der Waals surface area contributed by atoms with Crippen molar-refractivity contribution in [2.75, 3.05) is 31.2 Å². The van der Waals surface area contributed by atoms with Crippen molar-refractivity contribution in [3.8, 4) is 0 Å². The van der Waals surface area contributed by atoms with E-state index in [-0.39, 0.29) is 5.56 Å². The number of fused-ring (bicyclic) bond motifs is 1. The van der Waals surface area contributed by atoms with Gasteiger partial charge in [-0.05, 0) is 31.5 Å². The molecule has 0 aliphatic carbocycles. The van der Waals surface area contributed by atoms with Gasteiger partial charge in [-0.3, -0.25) is 4.79 Å². The topological polar surface area (TPSA) is 34.5 Å². The molecule has 1 aliphatic rings. The molecule has 4 nitrogen and oxygen atoms in total. The second-order valence-electron chi connectivity index (χ2n) is 6.09. The van der Waals surface area contributed by atoms with Crippen molar-refractivity contribution in [3.63, 3.8) is 0 Å². The first kappa shape index (κ1) is 16.5. The van der Waals surface area contributed by atoms with Gasteiger partial charge in [0.05, 0.1) is 13.2 Å². The Hall–Kier alpha value is -2.33. The number of ether oxygens (including phenoxy) is 1. The molecule has 126 valence electrons. The van der Waals surface area contributed by atoms with Gasteiger partial charge in [0.15, 0.2) is 0 Å². The van der Waals surface area contributed by atoms with E-state index in [1.165, 1.54) is 0 Å². The summed E-state index contributed by atoms with van der Waals surface area (Å²) in [6.45, 7) is 15.6. The third-order valence-corrected chi connectivity index (χ3v) is 4.78. The lowest BCUT2D eigenvalue weighted by Crippen LogP contribution is -2.40. The number of anilines is 1. The number of hydrogen-bond acceptors (Lipinski definition) is 3.